The van der Waals surface area contributed by atoms with Crippen LogP contribution in [0.3, 0.4) is 0 Å². The van der Waals surface area contributed by atoms with E-state index in [4.69, 9.17) is 0 Å². The van der Waals surface area contributed by atoms with Gasteiger partial charge in [-0.05, 0) is 58.3 Å². The zero-order valence-electron chi connectivity index (χ0n) is 17.3. The van der Waals surface area contributed by atoms with Gasteiger partial charge >= 0.3 is 0 Å². The van der Waals surface area contributed by atoms with Crippen LogP contribution in [0.2, 0.25) is 0 Å². The first-order valence-electron chi connectivity index (χ1n) is 10.1. The van der Waals surface area contributed by atoms with Crippen molar-refractivity contribution >= 4 is 68.2 Å². The Bertz CT molecular complexity index is 1390. The summed E-state index contributed by atoms with van der Waals surface area (Å²) < 4.78 is 2.15. The molecule has 0 aliphatic heterocycles. The average molecular weight is 454 g/mol. The van der Waals surface area contributed by atoms with Crippen molar-refractivity contribution in [2.45, 2.75) is 0 Å². The molecular weight excluding hydrogens is 434 g/mol. The third-order valence-corrected chi connectivity index (χ3v) is 7.21. The van der Waals surface area contributed by atoms with Gasteiger partial charge in [0.1, 0.15) is 0 Å². The van der Waals surface area contributed by atoms with E-state index in [1.165, 1.54) is 22.7 Å². The number of allylic oxidation sites excluding steroid dienone is 2. The van der Waals surface area contributed by atoms with Crippen molar-refractivity contribution in [1.29, 1.82) is 0 Å². The lowest BCUT2D eigenvalue weighted by molar-refractivity contribution is 0.104. The first-order valence-corrected chi connectivity index (χ1v) is 11.9. The molecule has 0 spiro atoms. The highest BCUT2D eigenvalue weighted by molar-refractivity contribution is 7.12. The Morgan fingerprint density at radius 2 is 1.19 bits per heavy atom. The zero-order valence-corrected chi connectivity index (χ0v) is 19.0. The van der Waals surface area contributed by atoms with Crippen LogP contribution in [0.1, 0.15) is 30.5 Å². The molecule has 0 atom stereocenters. The van der Waals surface area contributed by atoms with Gasteiger partial charge in [-0.1, -0.05) is 48.6 Å². The molecule has 0 unspecified atom stereocenters. The number of aromatic nitrogens is 1. The molecule has 0 aliphatic carbocycles. The number of carbonyl (C=O) groups is 2. The minimum absolute atomic E-state index is 0.0191. The largest absolute Gasteiger partial charge is 0.344 e. The molecule has 0 saturated carbocycles. The van der Waals surface area contributed by atoms with E-state index in [1.807, 2.05) is 66.4 Å². The molecule has 3 heterocycles. The summed E-state index contributed by atoms with van der Waals surface area (Å²) in [4.78, 5) is 26.0. The molecule has 0 aliphatic rings. The lowest BCUT2D eigenvalue weighted by Crippen LogP contribution is -1.90. The first-order chi connectivity index (χ1) is 15.6. The van der Waals surface area contributed by atoms with E-state index in [0.717, 1.165) is 42.7 Å². The highest BCUT2D eigenvalue weighted by Crippen LogP contribution is 2.30. The Hall–Kier alpha value is -3.54. The van der Waals surface area contributed by atoms with Gasteiger partial charge in [-0.3, -0.25) is 9.59 Å². The van der Waals surface area contributed by atoms with Crippen LogP contribution < -0.4 is 0 Å². The Morgan fingerprint density at radius 3 is 1.59 bits per heavy atom. The van der Waals surface area contributed by atoms with Crippen molar-refractivity contribution in [3.8, 4) is 0 Å². The van der Waals surface area contributed by atoms with Gasteiger partial charge in [0.2, 0.25) is 0 Å². The quantitative estimate of drug-likeness (QED) is 0.201. The van der Waals surface area contributed by atoms with E-state index in [0.29, 0.717) is 0 Å². The predicted molar refractivity (Wildman–Crippen MR) is 136 cm³/mol. The number of fused-ring (bicyclic) bond motifs is 3. The van der Waals surface area contributed by atoms with Crippen molar-refractivity contribution < 1.29 is 9.59 Å². The van der Waals surface area contributed by atoms with Crippen LogP contribution in [0, 0.1) is 0 Å². The fraction of sp³-hybridized carbons (Fsp3) is 0.0370. The molecule has 3 aromatic heterocycles. The monoisotopic (exact) mass is 453 g/mol. The van der Waals surface area contributed by atoms with E-state index in [-0.39, 0.29) is 11.6 Å². The van der Waals surface area contributed by atoms with Crippen LogP contribution in [0.5, 0.6) is 0 Å². The molecule has 2 aromatic carbocycles. The number of nitrogens with zero attached hydrogens (tertiary/aromatic N) is 1. The van der Waals surface area contributed by atoms with E-state index in [9.17, 15) is 9.59 Å². The maximum Gasteiger partial charge on any atom is 0.195 e. The van der Waals surface area contributed by atoms with Gasteiger partial charge in [0.25, 0.3) is 0 Å². The third-order valence-electron chi connectivity index (χ3n) is 5.44. The van der Waals surface area contributed by atoms with Crippen molar-refractivity contribution in [1.82, 2.24) is 4.57 Å². The summed E-state index contributed by atoms with van der Waals surface area (Å²) in [7, 11) is 2.04. The Morgan fingerprint density at radius 1 is 0.719 bits per heavy atom. The second kappa shape index (κ2) is 8.54. The molecule has 5 rings (SSSR count). The maximum absolute atomic E-state index is 12.3. The molecule has 0 radical (unpaired) electrons. The first kappa shape index (κ1) is 20.4. The van der Waals surface area contributed by atoms with Crippen molar-refractivity contribution in [2.75, 3.05) is 0 Å². The number of rotatable bonds is 6. The summed E-state index contributed by atoms with van der Waals surface area (Å²) in [6.07, 6.45) is 6.99. The molecule has 0 amide bonds. The van der Waals surface area contributed by atoms with Gasteiger partial charge in [-0.15, -0.1) is 22.7 Å². The van der Waals surface area contributed by atoms with Crippen LogP contribution in [0.25, 0.3) is 34.0 Å². The van der Waals surface area contributed by atoms with E-state index >= 15 is 0 Å². The molecular formula is C27H19NO2S2. The molecule has 0 bridgehead atoms. The second-order valence-corrected chi connectivity index (χ2v) is 9.36. The summed E-state index contributed by atoms with van der Waals surface area (Å²) in [5, 5.41) is 6.14. The Balaban J connectivity index is 1.46. The highest BCUT2D eigenvalue weighted by Gasteiger charge is 2.09. The van der Waals surface area contributed by atoms with Gasteiger partial charge in [-0.25, -0.2) is 0 Å². The molecule has 0 saturated heterocycles. The maximum atomic E-state index is 12.3. The summed E-state index contributed by atoms with van der Waals surface area (Å²) in [5.74, 6) is 0.0383. The van der Waals surface area contributed by atoms with Gasteiger partial charge in [-0.2, -0.15) is 0 Å². The molecule has 0 fully saturated rings. The Kier molecular flexibility index (Phi) is 5.43. The summed E-state index contributed by atoms with van der Waals surface area (Å²) in [6, 6.07) is 19.9. The highest BCUT2D eigenvalue weighted by atomic mass is 32.1. The predicted octanol–water partition coefficient (Wildman–Crippen LogP) is 7.25. The normalized spacial score (nSPS) is 11.9. The number of aryl methyl sites for hydroxylation is 1. The average Bonchev–Trinajstić information content (AvgIpc) is 3.58. The van der Waals surface area contributed by atoms with Crippen LogP contribution in [-0.2, 0) is 7.05 Å². The van der Waals surface area contributed by atoms with Crippen LogP contribution in [0.4, 0.5) is 0 Å². The number of thiophene rings is 2. The number of hydrogen-bond acceptors (Lipinski definition) is 4. The Labute approximate surface area is 193 Å². The van der Waals surface area contributed by atoms with Crippen molar-refractivity contribution in [3.05, 3.63) is 104 Å². The fourth-order valence-corrected chi connectivity index (χ4v) is 5.08. The van der Waals surface area contributed by atoms with Gasteiger partial charge in [0, 0.05) is 28.9 Å². The third kappa shape index (κ3) is 3.88. The molecule has 5 heteroatoms. The smallest absolute Gasteiger partial charge is 0.195 e. The SMILES string of the molecule is Cn1c2cc(C=CC(=O)c3cccs3)ccc2c2ccc(C=CC(=O)c3cccs3)cc21. The van der Waals surface area contributed by atoms with Crippen LogP contribution in [-0.4, -0.2) is 16.1 Å². The fourth-order valence-electron chi connectivity index (χ4n) is 3.79. The summed E-state index contributed by atoms with van der Waals surface area (Å²) >= 11 is 2.90. The van der Waals surface area contributed by atoms with Gasteiger partial charge < -0.3 is 4.57 Å². The standard InChI is InChI=1S/C27H19NO2S2/c1-28-22-16-18(8-12-24(29)26-4-2-14-31-26)6-10-20(22)21-11-7-19(17-23(21)28)9-13-25(30)27-5-3-15-32-27/h2-17H,1H3. The molecule has 3 nitrogen and oxygen atoms in total. The number of carbonyl (C=O) groups excluding carboxylic acids is 2. The second-order valence-electron chi connectivity index (χ2n) is 7.46. The number of hydrogen-bond donors (Lipinski definition) is 0. The molecule has 0 N–H and O–H groups in total. The molecule has 156 valence electrons. The molecule has 32 heavy (non-hydrogen) atoms. The topological polar surface area (TPSA) is 39.1 Å². The van der Waals surface area contributed by atoms with Crippen molar-refractivity contribution in [3.63, 3.8) is 0 Å². The molecule has 5 aromatic rings. The summed E-state index contributed by atoms with van der Waals surface area (Å²) in [5.41, 5.74) is 4.16. The van der Waals surface area contributed by atoms with E-state index in [1.54, 1.807) is 12.2 Å². The minimum Gasteiger partial charge on any atom is -0.344 e. The summed E-state index contributed by atoms with van der Waals surface area (Å²) in [6.45, 7) is 0. The zero-order chi connectivity index (χ0) is 22.1. The van der Waals surface area contributed by atoms with Crippen LogP contribution in [0.15, 0.2) is 83.6 Å². The lowest BCUT2D eigenvalue weighted by Gasteiger charge is -2.00. The van der Waals surface area contributed by atoms with Gasteiger partial charge in [0.05, 0.1) is 9.75 Å². The number of ketones is 2. The van der Waals surface area contributed by atoms with Crippen molar-refractivity contribution in [2.24, 2.45) is 7.05 Å². The van der Waals surface area contributed by atoms with Crippen LogP contribution >= 0.6 is 22.7 Å². The van der Waals surface area contributed by atoms with E-state index < -0.39 is 0 Å². The van der Waals surface area contributed by atoms with E-state index in [2.05, 4.69) is 28.8 Å². The minimum atomic E-state index is 0.0191. The number of benzene rings is 2. The van der Waals surface area contributed by atoms with Gasteiger partial charge in [0.15, 0.2) is 11.6 Å². The lowest BCUT2D eigenvalue weighted by atomic mass is 10.1.